The fraction of sp³-hybridized carbons (Fsp3) is 1.00. The van der Waals surface area contributed by atoms with Gasteiger partial charge < -0.3 is 20.7 Å². The quantitative estimate of drug-likeness (QED) is 0.416. The van der Waals surface area contributed by atoms with Crippen LogP contribution in [0, 0.1) is 0 Å². The van der Waals surface area contributed by atoms with Crippen LogP contribution >= 0.6 is 0 Å². The molecule has 1 unspecified atom stereocenters. The number of hydrogen-bond donors (Lipinski definition) is 2. The Morgan fingerprint density at radius 1 is 1.70 bits per heavy atom. The zero-order chi connectivity index (χ0) is 7.33. The molecule has 56 valence electrons. The maximum atomic E-state index is 10.2. The fourth-order valence-corrected chi connectivity index (χ4v) is 0.420. The van der Waals surface area contributed by atoms with E-state index in [-0.39, 0.29) is 64.6 Å². The van der Waals surface area contributed by atoms with Gasteiger partial charge in [0.1, 0.15) is 0 Å². The van der Waals surface area contributed by atoms with E-state index in [1.807, 2.05) is 0 Å². The van der Waals surface area contributed by atoms with Crippen molar-refractivity contribution in [2.45, 2.75) is 5.54 Å². The first kappa shape index (κ1) is 14.0. The SMILES string of the molecule is COCC(N)(C[O-])CO.[K+]. The number of aliphatic hydroxyl groups excluding tert-OH is 1. The Balaban J connectivity index is 0. The van der Waals surface area contributed by atoms with Crippen molar-refractivity contribution in [1.29, 1.82) is 0 Å². The van der Waals surface area contributed by atoms with Gasteiger partial charge in [0.2, 0.25) is 0 Å². The van der Waals surface area contributed by atoms with Crippen molar-refractivity contribution < 1.29 is 66.3 Å². The third kappa shape index (κ3) is 5.17. The van der Waals surface area contributed by atoms with Gasteiger partial charge in [0.25, 0.3) is 0 Å². The number of ether oxygens (including phenoxy) is 1. The molecule has 0 rings (SSSR count). The molecule has 0 spiro atoms. The van der Waals surface area contributed by atoms with Crippen LogP contribution in [0.3, 0.4) is 0 Å². The number of aliphatic hydroxyl groups is 1. The fourth-order valence-electron chi connectivity index (χ4n) is 0.420. The van der Waals surface area contributed by atoms with Crippen LogP contribution < -0.4 is 62.2 Å². The molecule has 4 nitrogen and oxygen atoms in total. The summed E-state index contributed by atoms with van der Waals surface area (Å²) in [6.45, 7) is -0.741. The van der Waals surface area contributed by atoms with E-state index in [9.17, 15) is 5.11 Å². The van der Waals surface area contributed by atoms with Gasteiger partial charge in [-0.1, -0.05) is 0 Å². The number of hydrogen-bond acceptors (Lipinski definition) is 4. The number of rotatable bonds is 4. The Bertz CT molecular complexity index is 77.3. The van der Waals surface area contributed by atoms with Crippen LogP contribution in [0.1, 0.15) is 0 Å². The molecule has 0 aromatic rings. The smallest absolute Gasteiger partial charge is 0.853 e. The molecule has 0 amide bonds. The molecule has 0 saturated carbocycles. The monoisotopic (exact) mass is 173 g/mol. The van der Waals surface area contributed by atoms with Crippen molar-refractivity contribution in [2.75, 3.05) is 26.9 Å². The standard InChI is InChI=1S/C5H12NO3.K/c1-9-4-5(6,2-7)3-8;/h7H,2-4,6H2,1H3;/q-1;+1. The molecule has 0 fully saturated rings. The molecule has 0 aliphatic carbocycles. The molecule has 0 radical (unpaired) electrons. The van der Waals surface area contributed by atoms with Crippen LogP contribution in [0.2, 0.25) is 0 Å². The Kier molecular flexibility index (Phi) is 10.0. The van der Waals surface area contributed by atoms with Gasteiger partial charge in [-0.15, -0.1) is 6.61 Å². The molecule has 3 N–H and O–H groups in total. The largest absolute Gasteiger partial charge is 1.00 e. The molecule has 1 atom stereocenters. The van der Waals surface area contributed by atoms with Gasteiger partial charge in [0.15, 0.2) is 0 Å². The molecule has 5 heteroatoms. The maximum absolute atomic E-state index is 10.2. The van der Waals surface area contributed by atoms with Gasteiger partial charge in [-0.25, -0.2) is 0 Å². The second-order valence-electron chi connectivity index (χ2n) is 2.10. The van der Waals surface area contributed by atoms with E-state index in [1.54, 1.807) is 0 Å². The summed E-state index contributed by atoms with van der Waals surface area (Å²) in [5, 5.41) is 18.7. The molecular formula is C5H12KNO3. The van der Waals surface area contributed by atoms with Crippen LogP contribution in [0.15, 0.2) is 0 Å². The van der Waals surface area contributed by atoms with Gasteiger partial charge in [0, 0.05) is 12.6 Å². The molecule has 10 heavy (non-hydrogen) atoms. The summed E-state index contributed by atoms with van der Waals surface area (Å²) in [7, 11) is 1.44. The topological polar surface area (TPSA) is 78.5 Å². The minimum Gasteiger partial charge on any atom is -0.853 e. The van der Waals surface area contributed by atoms with E-state index in [2.05, 4.69) is 4.74 Å². The molecule has 0 saturated heterocycles. The van der Waals surface area contributed by atoms with Gasteiger partial charge in [-0.3, -0.25) is 0 Å². The van der Waals surface area contributed by atoms with Gasteiger partial charge >= 0.3 is 51.4 Å². The van der Waals surface area contributed by atoms with E-state index in [4.69, 9.17) is 10.8 Å². The Morgan fingerprint density at radius 2 is 2.20 bits per heavy atom. The molecule has 0 aliphatic rings. The summed E-state index contributed by atoms with van der Waals surface area (Å²) in [5.41, 5.74) is 4.23. The minimum absolute atomic E-state index is 0. The third-order valence-corrected chi connectivity index (χ3v) is 1.03. The summed E-state index contributed by atoms with van der Waals surface area (Å²) < 4.78 is 4.60. The van der Waals surface area contributed by atoms with E-state index in [0.717, 1.165) is 0 Å². The Hall–Kier alpha value is 1.48. The van der Waals surface area contributed by atoms with Crippen LogP contribution in [-0.4, -0.2) is 37.6 Å². The van der Waals surface area contributed by atoms with Gasteiger partial charge in [-0.2, -0.15) is 0 Å². The molecule has 0 heterocycles. The van der Waals surface area contributed by atoms with Crippen molar-refractivity contribution >= 4 is 0 Å². The first-order chi connectivity index (χ1) is 4.18. The van der Waals surface area contributed by atoms with Crippen molar-refractivity contribution in [1.82, 2.24) is 0 Å². The Morgan fingerprint density at radius 3 is 2.30 bits per heavy atom. The van der Waals surface area contributed by atoms with Crippen LogP contribution in [-0.2, 0) is 4.74 Å². The molecule has 0 aromatic carbocycles. The summed E-state index contributed by atoms with van der Waals surface area (Å²) in [6.07, 6.45) is 0. The van der Waals surface area contributed by atoms with Crippen LogP contribution in [0.5, 0.6) is 0 Å². The zero-order valence-corrected chi connectivity index (χ0v) is 9.59. The Labute approximate surface area is 103 Å². The number of methoxy groups -OCH3 is 1. The molecular weight excluding hydrogens is 161 g/mol. The normalized spacial score (nSPS) is 15.6. The summed E-state index contributed by atoms with van der Waals surface area (Å²) in [4.78, 5) is 0. The van der Waals surface area contributed by atoms with Crippen molar-refractivity contribution in [3.8, 4) is 0 Å². The second-order valence-corrected chi connectivity index (χ2v) is 2.10. The summed E-state index contributed by atoms with van der Waals surface area (Å²) in [5.74, 6) is 0. The van der Waals surface area contributed by atoms with E-state index in [1.165, 1.54) is 7.11 Å². The van der Waals surface area contributed by atoms with Crippen LogP contribution in [0.25, 0.3) is 0 Å². The van der Waals surface area contributed by atoms with E-state index >= 15 is 0 Å². The third-order valence-electron chi connectivity index (χ3n) is 1.03. The van der Waals surface area contributed by atoms with Crippen molar-refractivity contribution in [3.63, 3.8) is 0 Å². The summed E-state index contributed by atoms with van der Waals surface area (Å²) in [6, 6.07) is 0. The first-order valence-electron chi connectivity index (χ1n) is 2.65. The van der Waals surface area contributed by atoms with Crippen molar-refractivity contribution in [3.05, 3.63) is 0 Å². The van der Waals surface area contributed by atoms with Crippen LogP contribution in [0.4, 0.5) is 0 Å². The average molecular weight is 173 g/mol. The van der Waals surface area contributed by atoms with E-state index < -0.39 is 12.1 Å². The van der Waals surface area contributed by atoms with Gasteiger partial charge in [-0.05, 0) is 0 Å². The average Bonchev–Trinajstić information content (AvgIpc) is 1.89. The van der Waals surface area contributed by atoms with Gasteiger partial charge in [0.05, 0.1) is 13.2 Å². The molecule has 0 aliphatic heterocycles. The maximum Gasteiger partial charge on any atom is 1.00 e. The second kappa shape index (κ2) is 7.14. The number of nitrogens with two attached hydrogens (primary N) is 1. The minimum atomic E-state index is -1.09. The van der Waals surface area contributed by atoms with E-state index in [0.29, 0.717) is 0 Å². The zero-order valence-electron chi connectivity index (χ0n) is 6.46. The van der Waals surface area contributed by atoms with Crippen molar-refractivity contribution in [2.24, 2.45) is 5.73 Å². The summed E-state index contributed by atoms with van der Waals surface area (Å²) >= 11 is 0. The molecule has 0 aromatic heterocycles. The first-order valence-corrected chi connectivity index (χ1v) is 2.65. The predicted octanol–water partition coefficient (Wildman–Crippen LogP) is -5.31. The molecule has 0 bridgehead atoms. The predicted molar refractivity (Wildman–Crippen MR) is 30.7 cm³/mol.